The number of anilines is 1. The van der Waals surface area contributed by atoms with Crippen molar-refractivity contribution in [3.63, 3.8) is 0 Å². The number of para-hydroxylation sites is 2. The fourth-order valence-electron chi connectivity index (χ4n) is 3.42. The highest BCUT2D eigenvalue weighted by atomic mass is 16.6. The van der Waals surface area contributed by atoms with Gasteiger partial charge in [0.15, 0.2) is 5.71 Å². The van der Waals surface area contributed by atoms with Gasteiger partial charge in [0, 0.05) is 19.2 Å². The van der Waals surface area contributed by atoms with E-state index >= 15 is 0 Å². The van der Waals surface area contributed by atoms with Gasteiger partial charge in [-0.15, -0.1) is 0 Å². The highest BCUT2D eigenvalue weighted by Gasteiger charge is 2.36. The Morgan fingerprint density at radius 1 is 1.25 bits per heavy atom. The maximum Gasteiger partial charge on any atom is 0.282 e. The van der Waals surface area contributed by atoms with Crippen molar-refractivity contribution in [3.8, 4) is 6.07 Å². The summed E-state index contributed by atoms with van der Waals surface area (Å²) in [4.78, 5) is 28.4. The lowest BCUT2D eigenvalue weighted by molar-refractivity contribution is -0.112. The van der Waals surface area contributed by atoms with Crippen LogP contribution in [0.25, 0.3) is 11.0 Å². The molecule has 2 aromatic heterocycles. The fraction of sp³-hybridized carbons (Fsp3) is 0.250. The molecule has 0 spiro atoms. The van der Waals surface area contributed by atoms with Crippen LogP contribution >= 0.6 is 0 Å². The van der Waals surface area contributed by atoms with Crippen molar-refractivity contribution in [2.45, 2.75) is 25.9 Å². The molecule has 0 radical (unpaired) electrons. The van der Waals surface area contributed by atoms with Gasteiger partial charge in [0.25, 0.3) is 5.91 Å². The summed E-state index contributed by atoms with van der Waals surface area (Å²) in [6.45, 7) is 0.909. The zero-order chi connectivity index (χ0) is 19.5. The van der Waals surface area contributed by atoms with E-state index in [4.69, 9.17) is 15.1 Å². The van der Waals surface area contributed by atoms with Crippen molar-refractivity contribution in [3.05, 3.63) is 54.0 Å². The molecule has 140 valence electrons. The summed E-state index contributed by atoms with van der Waals surface area (Å²) in [6.07, 6.45) is 2.82. The topological polar surface area (TPSA) is 96.4 Å². The van der Waals surface area contributed by atoms with Gasteiger partial charge in [-0.2, -0.15) is 5.26 Å². The van der Waals surface area contributed by atoms with Gasteiger partial charge < -0.3 is 9.40 Å². The largest absolute Gasteiger partial charge is 0.398 e. The number of pyridine rings is 1. The van der Waals surface area contributed by atoms with Gasteiger partial charge in [-0.1, -0.05) is 17.3 Å². The van der Waals surface area contributed by atoms with E-state index in [-0.39, 0.29) is 18.2 Å². The quantitative estimate of drug-likeness (QED) is 0.488. The van der Waals surface area contributed by atoms with Gasteiger partial charge in [0.05, 0.1) is 29.2 Å². The van der Waals surface area contributed by atoms with E-state index in [0.717, 1.165) is 16.9 Å². The number of nitriles is 1. The molecule has 0 fully saturated rings. The number of fused-ring (bicyclic) bond motifs is 2. The zero-order valence-electron chi connectivity index (χ0n) is 15.4. The summed E-state index contributed by atoms with van der Waals surface area (Å²) in [6, 6.07) is 13.6. The molecule has 4 rings (SSSR count). The number of hydrogen-bond donors (Lipinski definition) is 0. The van der Waals surface area contributed by atoms with Crippen molar-refractivity contribution >= 4 is 28.5 Å². The lowest BCUT2D eigenvalue weighted by atomic mass is 10.2. The summed E-state index contributed by atoms with van der Waals surface area (Å²) >= 11 is 0. The van der Waals surface area contributed by atoms with Crippen molar-refractivity contribution in [2.24, 2.45) is 5.16 Å². The number of amides is 1. The third kappa shape index (κ3) is 2.97. The minimum atomic E-state index is -0.272. The molecule has 8 heteroatoms. The van der Waals surface area contributed by atoms with Crippen LogP contribution in [0.4, 0.5) is 5.82 Å². The van der Waals surface area contributed by atoms with Crippen LogP contribution in [-0.2, 0) is 22.7 Å². The number of carbonyl (C=O) groups excluding carboxylic acids is 1. The molecule has 3 aromatic rings. The second-order valence-electron chi connectivity index (χ2n) is 6.32. The molecule has 0 atom stereocenters. The van der Waals surface area contributed by atoms with Crippen molar-refractivity contribution in [1.29, 1.82) is 5.26 Å². The number of benzene rings is 1. The highest BCUT2D eigenvalue weighted by molar-refractivity contribution is 6.53. The van der Waals surface area contributed by atoms with Crippen LogP contribution < -0.4 is 4.90 Å². The molecule has 8 nitrogen and oxygen atoms in total. The normalized spacial score (nSPS) is 14.5. The maximum absolute atomic E-state index is 12.9. The molecular formula is C20H18N6O2. The molecule has 1 amide bonds. The van der Waals surface area contributed by atoms with E-state index in [1.54, 1.807) is 23.2 Å². The molecule has 1 aliphatic rings. The first-order valence-corrected chi connectivity index (χ1v) is 8.94. The second-order valence-corrected chi connectivity index (χ2v) is 6.32. The molecule has 0 unspecified atom stereocenters. The number of aryl methyl sites for hydroxylation is 1. The molecule has 28 heavy (non-hydrogen) atoms. The predicted octanol–water partition coefficient (Wildman–Crippen LogP) is 2.63. The van der Waals surface area contributed by atoms with Crippen molar-refractivity contribution < 1.29 is 9.63 Å². The van der Waals surface area contributed by atoms with Gasteiger partial charge in [-0.05, 0) is 30.7 Å². The van der Waals surface area contributed by atoms with E-state index in [0.29, 0.717) is 30.8 Å². The van der Waals surface area contributed by atoms with Crippen molar-refractivity contribution in [1.82, 2.24) is 14.5 Å². The first kappa shape index (κ1) is 17.7. The third-order valence-electron chi connectivity index (χ3n) is 4.63. The van der Waals surface area contributed by atoms with Crippen LogP contribution in [0.15, 0.2) is 47.8 Å². The minimum absolute atomic E-state index is 0.234. The first-order chi connectivity index (χ1) is 13.7. The number of nitrogens with zero attached hydrogens (tertiary/aromatic N) is 6. The number of hydrogen-bond acceptors (Lipinski definition) is 6. The lowest BCUT2D eigenvalue weighted by Crippen LogP contribution is -2.31. The number of rotatable bonds is 6. The molecule has 0 aliphatic carbocycles. The SMILES string of the molecule is CO/N=C1/C(=O)N(Cc2nc3ccccc3n2CCCC#N)c2ncccc21. The Morgan fingerprint density at radius 3 is 2.93 bits per heavy atom. The van der Waals surface area contributed by atoms with Crippen LogP contribution in [0.1, 0.15) is 24.2 Å². The van der Waals surface area contributed by atoms with E-state index in [1.165, 1.54) is 7.11 Å². The fourth-order valence-corrected chi connectivity index (χ4v) is 3.42. The minimum Gasteiger partial charge on any atom is -0.398 e. The Labute approximate surface area is 161 Å². The van der Waals surface area contributed by atoms with Crippen LogP contribution in [0, 0.1) is 11.3 Å². The molecular weight excluding hydrogens is 356 g/mol. The molecule has 0 N–H and O–H groups in total. The Bertz CT molecular complexity index is 1110. The average molecular weight is 374 g/mol. The number of unbranched alkanes of at least 4 members (excludes halogenated alkanes) is 1. The Hall–Kier alpha value is -3.73. The summed E-state index contributed by atoms with van der Waals surface area (Å²) in [7, 11) is 1.41. The number of oxime groups is 1. The molecule has 0 bridgehead atoms. The molecule has 0 saturated heterocycles. The summed E-state index contributed by atoms with van der Waals surface area (Å²) in [5.74, 6) is 1.01. The van der Waals surface area contributed by atoms with Gasteiger partial charge in [-0.25, -0.2) is 9.97 Å². The van der Waals surface area contributed by atoms with Crippen LogP contribution in [0.5, 0.6) is 0 Å². The van der Waals surface area contributed by atoms with E-state index in [2.05, 4.69) is 20.8 Å². The standard InChI is InChI=1S/C20H18N6O2/c1-28-24-18-14-7-6-11-22-19(14)26(20(18)27)13-17-23-15-8-2-3-9-16(15)25(17)12-5-4-10-21/h2-3,6-9,11H,4-5,12-13H2,1H3/b24-18+. The van der Waals surface area contributed by atoms with E-state index in [9.17, 15) is 4.79 Å². The first-order valence-electron chi connectivity index (χ1n) is 8.94. The summed E-state index contributed by atoms with van der Waals surface area (Å²) < 4.78 is 2.06. The monoisotopic (exact) mass is 374 g/mol. The summed E-state index contributed by atoms with van der Waals surface area (Å²) in [5.41, 5.74) is 2.71. The van der Waals surface area contributed by atoms with Gasteiger partial charge in [-0.3, -0.25) is 9.69 Å². The van der Waals surface area contributed by atoms with E-state index < -0.39 is 0 Å². The van der Waals surface area contributed by atoms with Crippen molar-refractivity contribution in [2.75, 3.05) is 12.0 Å². The van der Waals surface area contributed by atoms with E-state index in [1.807, 2.05) is 24.3 Å². The summed E-state index contributed by atoms with van der Waals surface area (Å²) in [5, 5.41) is 12.8. The molecule has 1 aliphatic heterocycles. The highest BCUT2D eigenvalue weighted by Crippen LogP contribution is 2.29. The third-order valence-corrected chi connectivity index (χ3v) is 4.63. The van der Waals surface area contributed by atoms with Gasteiger partial charge >= 0.3 is 0 Å². The lowest BCUT2D eigenvalue weighted by Gasteiger charge is -2.16. The molecule has 3 heterocycles. The Morgan fingerprint density at radius 2 is 2.11 bits per heavy atom. The maximum atomic E-state index is 12.9. The Balaban J connectivity index is 1.74. The Kier molecular flexibility index (Phi) is 4.72. The van der Waals surface area contributed by atoms with Crippen LogP contribution in [-0.4, -0.2) is 33.3 Å². The molecule has 1 aromatic carbocycles. The van der Waals surface area contributed by atoms with Crippen LogP contribution in [0.2, 0.25) is 0 Å². The van der Waals surface area contributed by atoms with Gasteiger partial charge in [0.1, 0.15) is 18.8 Å². The van der Waals surface area contributed by atoms with Gasteiger partial charge in [0.2, 0.25) is 0 Å². The smallest absolute Gasteiger partial charge is 0.282 e. The number of carbonyl (C=O) groups is 1. The van der Waals surface area contributed by atoms with Crippen LogP contribution in [0.3, 0.4) is 0 Å². The average Bonchev–Trinajstić information content (AvgIpc) is 3.19. The number of aromatic nitrogens is 3. The predicted molar refractivity (Wildman–Crippen MR) is 104 cm³/mol. The second kappa shape index (κ2) is 7.48. The number of imidazole rings is 1. The molecule has 0 saturated carbocycles. The zero-order valence-corrected chi connectivity index (χ0v) is 15.4.